The molecule has 1 N–H and O–H groups in total. The molecule has 0 saturated carbocycles. The number of nitrogens with zero attached hydrogens (tertiary/aromatic N) is 3. The Kier molecular flexibility index (Phi) is 4.55. The topological polar surface area (TPSA) is 78.2 Å². The van der Waals surface area contributed by atoms with E-state index in [-0.39, 0.29) is 11.9 Å². The van der Waals surface area contributed by atoms with Crippen molar-refractivity contribution in [2.45, 2.75) is 18.9 Å². The predicted octanol–water partition coefficient (Wildman–Crippen LogP) is 2.57. The number of rotatable bonds is 4. The molecule has 1 aromatic carbocycles. The zero-order valence-electron chi connectivity index (χ0n) is 14.4. The molecule has 1 aromatic heterocycles. The fraction of sp³-hybridized carbons (Fsp3) is 0.350. The predicted molar refractivity (Wildman–Crippen MR) is 95.9 cm³/mol. The number of benzene rings is 1. The van der Waals surface area contributed by atoms with Gasteiger partial charge in [-0.05, 0) is 62.2 Å². The van der Waals surface area contributed by atoms with Gasteiger partial charge in [-0.2, -0.15) is 5.26 Å². The average molecular weight is 348 g/mol. The van der Waals surface area contributed by atoms with E-state index in [0.717, 1.165) is 19.6 Å². The van der Waals surface area contributed by atoms with Crippen LogP contribution in [0.3, 0.4) is 0 Å². The van der Waals surface area contributed by atoms with E-state index >= 15 is 0 Å². The molecular formula is C20H20N4O2. The highest BCUT2D eigenvalue weighted by Gasteiger charge is 2.34. The van der Waals surface area contributed by atoms with Crippen LogP contribution < -0.4 is 10.1 Å². The van der Waals surface area contributed by atoms with Gasteiger partial charge in [0.15, 0.2) is 0 Å². The summed E-state index contributed by atoms with van der Waals surface area (Å²) in [7, 11) is 0. The first-order chi connectivity index (χ1) is 12.7. The van der Waals surface area contributed by atoms with Crippen molar-refractivity contribution in [3.63, 3.8) is 0 Å². The van der Waals surface area contributed by atoms with Crippen LogP contribution in [0.25, 0.3) is 0 Å². The van der Waals surface area contributed by atoms with Crippen LogP contribution in [0.4, 0.5) is 0 Å². The quantitative estimate of drug-likeness (QED) is 0.919. The lowest BCUT2D eigenvalue weighted by molar-refractivity contribution is 0.0620. The first kappa shape index (κ1) is 16.6. The average Bonchev–Trinajstić information content (AvgIpc) is 2.69. The molecule has 3 aliphatic rings. The highest BCUT2D eigenvalue weighted by atomic mass is 16.5. The number of pyridine rings is 1. The largest absolute Gasteiger partial charge is 0.457 e. The molecule has 6 heteroatoms. The van der Waals surface area contributed by atoms with E-state index in [2.05, 4.69) is 15.2 Å². The molecule has 132 valence electrons. The van der Waals surface area contributed by atoms with E-state index in [1.807, 2.05) is 6.07 Å². The minimum Gasteiger partial charge on any atom is -0.457 e. The van der Waals surface area contributed by atoms with E-state index in [1.165, 1.54) is 19.0 Å². The van der Waals surface area contributed by atoms with Gasteiger partial charge in [0.2, 0.25) is 0 Å². The van der Waals surface area contributed by atoms with Crippen LogP contribution in [0.5, 0.6) is 11.5 Å². The number of aromatic nitrogens is 1. The van der Waals surface area contributed by atoms with Crippen LogP contribution in [0.15, 0.2) is 42.6 Å². The van der Waals surface area contributed by atoms with Gasteiger partial charge in [-0.15, -0.1) is 0 Å². The van der Waals surface area contributed by atoms with Crippen molar-refractivity contribution in [2.24, 2.45) is 5.92 Å². The summed E-state index contributed by atoms with van der Waals surface area (Å²) in [5, 5.41) is 12.1. The van der Waals surface area contributed by atoms with Gasteiger partial charge in [-0.25, -0.2) is 4.98 Å². The summed E-state index contributed by atoms with van der Waals surface area (Å²) in [4.78, 5) is 18.9. The van der Waals surface area contributed by atoms with E-state index < -0.39 is 0 Å². The van der Waals surface area contributed by atoms with Gasteiger partial charge in [0.1, 0.15) is 23.3 Å². The van der Waals surface area contributed by atoms with Crippen LogP contribution in [0, 0.1) is 17.2 Å². The molecule has 1 amide bonds. The zero-order valence-corrected chi connectivity index (χ0v) is 14.4. The molecule has 4 heterocycles. The van der Waals surface area contributed by atoms with Crippen LogP contribution in [0.1, 0.15) is 28.9 Å². The summed E-state index contributed by atoms with van der Waals surface area (Å²) in [6.45, 7) is 3.28. The molecule has 6 nitrogen and oxygen atoms in total. The number of carbonyl (C=O) groups excluding carboxylic acids is 1. The third kappa shape index (κ3) is 3.53. The Morgan fingerprint density at radius 3 is 2.62 bits per heavy atom. The monoisotopic (exact) mass is 348 g/mol. The lowest BCUT2D eigenvalue weighted by Crippen LogP contribution is -2.57. The minimum absolute atomic E-state index is 0.0361. The number of amides is 1. The maximum Gasteiger partial charge on any atom is 0.251 e. The molecule has 3 saturated heterocycles. The smallest absolute Gasteiger partial charge is 0.251 e. The molecule has 3 fully saturated rings. The fourth-order valence-corrected chi connectivity index (χ4v) is 3.73. The van der Waals surface area contributed by atoms with Crippen molar-refractivity contribution in [1.82, 2.24) is 15.2 Å². The minimum atomic E-state index is -0.0361. The summed E-state index contributed by atoms with van der Waals surface area (Å²) in [5.41, 5.74) is 0.928. The molecule has 3 aliphatic heterocycles. The van der Waals surface area contributed by atoms with E-state index in [0.29, 0.717) is 28.7 Å². The third-order valence-corrected chi connectivity index (χ3v) is 5.17. The number of hydrogen-bond acceptors (Lipinski definition) is 5. The molecule has 0 radical (unpaired) electrons. The second kappa shape index (κ2) is 7.14. The van der Waals surface area contributed by atoms with Crippen molar-refractivity contribution in [2.75, 3.05) is 19.6 Å². The molecule has 1 atom stereocenters. The molecule has 2 aromatic rings. The molecule has 5 rings (SSSR count). The van der Waals surface area contributed by atoms with Gasteiger partial charge in [0, 0.05) is 30.4 Å². The summed E-state index contributed by atoms with van der Waals surface area (Å²) < 4.78 is 5.72. The normalized spacial score (nSPS) is 23.9. The van der Waals surface area contributed by atoms with Gasteiger partial charge in [-0.1, -0.05) is 0 Å². The standard InChI is InChI=1S/C20H20N4O2/c21-12-16-11-18(5-8-22-16)26-17-3-1-15(2-4-17)20(25)23-19-13-24-9-6-14(19)7-10-24/h1-5,8,11,14,19H,6-7,9-10,13H2,(H,23,25). The highest BCUT2D eigenvalue weighted by molar-refractivity contribution is 5.94. The summed E-state index contributed by atoms with van der Waals surface area (Å²) in [6.07, 6.45) is 3.88. The van der Waals surface area contributed by atoms with Crippen LogP contribution in [0.2, 0.25) is 0 Å². The van der Waals surface area contributed by atoms with Crippen molar-refractivity contribution >= 4 is 5.91 Å². The maximum absolute atomic E-state index is 12.5. The number of hydrogen-bond donors (Lipinski definition) is 1. The summed E-state index contributed by atoms with van der Waals surface area (Å²) in [6, 6.07) is 12.5. The highest BCUT2D eigenvalue weighted by Crippen LogP contribution is 2.28. The second-order valence-corrected chi connectivity index (χ2v) is 6.83. The summed E-state index contributed by atoms with van der Waals surface area (Å²) in [5.74, 6) is 1.72. The Hall–Kier alpha value is -2.91. The maximum atomic E-state index is 12.5. The lowest BCUT2D eigenvalue weighted by Gasteiger charge is -2.44. The Morgan fingerprint density at radius 1 is 1.19 bits per heavy atom. The Labute approximate surface area is 152 Å². The van der Waals surface area contributed by atoms with Gasteiger partial charge in [-0.3, -0.25) is 4.79 Å². The molecule has 1 unspecified atom stereocenters. The first-order valence-electron chi connectivity index (χ1n) is 8.88. The molecular weight excluding hydrogens is 328 g/mol. The number of carbonyl (C=O) groups is 1. The summed E-state index contributed by atoms with van der Waals surface area (Å²) >= 11 is 0. The van der Waals surface area contributed by atoms with Crippen LogP contribution in [-0.4, -0.2) is 41.5 Å². The van der Waals surface area contributed by atoms with Gasteiger partial charge >= 0.3 is 0 Å². The van der Waals surface area contributed by atoms with Gasteiger partial charge < -0.3 is 15.0 Å². The number of nitriles is 1. The van der Waals surface area contributed by atoms with Crippen LogP contribution >= 0.6 is 0 Å². The zero-order chi connectivity index (χ0) is 17.9. The Bertz CT molecular complexity index is 836. The molecule has 26 heavy (non-hydrogen) atoms. The van der Waals surface area contributed by atoms with Crippen molar-refractivity contribution in [1.29, 1.82) is 5.26 Å². The van der Waals surface area contributed by atoms with Crippen molar-refractivity contribution in [3.05, 3.63) is 53.9 Å². The van der Waals surface area contributed by atoms with E-state index in [1.54, 1.807) is 36.4 Å². The molecule has 2 bridgehead atoms. The van der Waals surface area contributed by atoms with Crippen molar-refractivity contribution in [3.8, 4) is 17.6 Å². The molecule has 0 aliphatic carbocycles. The van der Waals surface area contributed by atoms with E-state index in [9.17, 15) is 4.79 Å². The number of nitrogens with one attached hydrogen (secondary N) is 1. The SMILES string of the molecule is N#Cc1cc(Oc2ccc(C(=O)NC3CN4CCC3CC4)cc2)ccn1. The number of ether oxygens (including phenoxy) is 1. The van der Waals surface area contributed by atoms with Gasteiger partial charge in [0.05, 0.1) is 0 Å². The lowest BCUT2D eigenvalue weighted by atomic mass is 9.84. The fourth-order valence-electron chi connectivity index (χ4n) is 3.73. The first-order valence-corrected chi connectivity index (χ1v) is 8.88. The Morgan fingerprint density at radius 2 is 1.96 bits per heavy atom. The number of piperidine rings is 3. The Balaban J connectivity index is 1.39. The number of fused-ring (bicyclic) bond motifs is 3. The van der Waals surface area contributed by atoms with Gasteiger partial charge in [0.25, 0.3) is 5.91 Å². The third-order valence-electron chi connectivity index (χ3n) is 5.17. The van der Waals surface area contributed by atoms with Crippen molar-refractivity contribution < 1.29 is 9.53 Å². The van der Waals surface area contributed by atoms with Crippen LogP contribution in [-0.2, 0) is 0 Å². The molecule has 0 spiro atoms. The second-order valence-electron chi connectivity index (χ2n) is 6.83. The van der Waals surface area contributed by atoms with E-state index in [4.69, 9.17) is 10.00 Å².